The number of nitrogens with zero attached hydrogens (tertiary/aromatic N) is 4. The van der Waals surface area contributed by atoms with Crippen molar-refractivity contribution in [2.75, 3.05) is 34.7 Å². The zero-order chi connectivity index (χ0) is 42.8. The lowest BCUT2D eigenvalue weighted by Crippen LogP contribution is -2.59. The van der Waals surface area contributed by atoms with Gasteiger partial charge in [-0.05, 0) is 93.7 Å². The predicted octanol–water partition coefficient (Wildman–Crippen LogP) is 3.50. The van der Waals surface area contributed by atoms with Crippen LogP contribution in [-0.2, 0) is 62.7 Å². The van der Waals surface area contributed by atoms with E-state index in [1.807, 2.05) is 147 Å². The molecule has 4 aromatic carbocycles. The molecule has 4 N–H and O–H groups in total. The van der Waals surface area contributed by atoms with E-state index in [9.17, 15) is 24.0 Å². The highest BCUT2D eigenvalue weighted by atomic mass is 16.2. The van der Waals surface area contributed by atoms with Gasteiger partial charge in [0, 0.05) is 32.5 Å². The Labute approximate surface area is 354 Å². The fraction of sp³-hybridized carbons (Fsp3) is 0.396. The molecule has 12 nitrogen and oxygen atoms in total. The molecule has 0 aliphatic carbocycles. The van der Waals surface area contributed by atoms with Crippen molar-refractivity contribution >= 4 is 29.5 Å². The number of hydrogen-bond acceptors (Lipinski definition) is 7. The number of nitrogens with two attached hydrogens (primary N) is 1. The monoisotopic (exact) mass is 813 g/mol. The van der Waals surface area contributed by atoms with Crippen molar-refractivity contribution in [3.8, 4) is 0 Å². The van der Waals surface area contributed by atoms with Crippen molar-refractivity contribution in [3.05, 3.63) is 143 Å². The summed E-state index contributed by atoms with van der Waals surface area (Å²) in [5.41, 5.74) is 11.9. The highest BCUT2D eigenvalue weighted by Gasteiger charge is 2.40. The Morgan fingerprint density at radius 1 is 0.600 bits per heavy atom. The summed E-state index contributed by atoms with van der Waals surface area (Å²) >= 11 is 0. The molecule has 0 spiro atoms. The van der Waals surface area contributed by atoms with Gasteiger partial charge in [-0.15, -0.1) is 0 Å². The van der Waals surface area contributed by atoms with Gasteiger partial charge in [0.05, 0.1) is 12.1 Å². The highest BCUT2D eigenvalue weighted by molar-refractivity contribution is 5.93. The average Bonchev–Trinajstić information content (AvgIpc) is 3.25. The molecule has 12 heteroatoms. The second-order valence-corrected chi connectivity index (χ2v) is 16.5. The van der Waals surface area contributed by atoms with Gasteiger partial charge in [0.2, 0.25) is 29.5 Å². The summed E-state index contributed by atoms with van der Waals surface area (Å²) in [6, 6.07) is 32.0. The van der Waals surface area contributed by atoms with E-state index in [1.165, 1.54) is 0 Å². The Hall–Kier alpha value is -5.85. The number of amides is 5. The van der Waals surface area contributed by atoms with Gasteiger partial charge in [0.1, 0.15) is 18.1 Å². The number of benzene rings is 4. The van der Waals surface area contributed by atoms with Crippen molar-refractivity contribution < 1.29 is 24.0 Å². The Morgan fingerprint density at radius 2 is 1.02 bits per heavy atom. The topological polar surface area (TPSA) is 148 Å². The van der Waals surface area contributed by atoms with E-state index < -0.39 is 42.0 Å². The standard InChI is InChI=1S/C48H59N7O5/c1-52(2)42(27-33-17-7-5-8-18-33)47(59)54-31-37-23-13-11-21-35(37)29-40(54)45(57)50-26-16-15-25-39(44(49)56)51-46(58)41-30-36-22-12-14-24-38(36)32-55(41)48(60)43(53(3)4)28-34-19-9-6-10-20-34/h5-14,17-24,39-43H,15-16,25-32H2,1-4H3,(H2,49,56)(H,50,57)(H,51,58)/t39-,40-,41-,42-,43-/m0/s1. The summed E-state index contributed by atoms with van der Waals surface area (Å²) in [5.74, 6) is -1.61. The van der Waals surface area contributed by atoms with E-state index in [-0.39, 0.29) is 30.7 Å². The first-order chi connectivity index (χ1) is 28.9. The number of primary amides is 1. The van der Waals surface area contributed by atoms with Gasteiger partial charge < -0.3 is 26.2 Å². The van der Waals surface area contributed by atoms with E-state index in [4.69, 9.17) is 5.73 Å². The van der Waals surface area contributed by atoms with Crippen LogP contribution in [-0.4, -0.2) is 114 Å². The number of carbonyl (C=O) groups is 5. The lowest BCUT2D eigenvalue weighted by molar-refractivity contribution is -0.146. The third-order valence-electron chi connectivity index (χ3n) is 11.9. The van der Waals surface area contributed by atoms with Gasteiger partial charge in [-0.25, -0.2) is 0 Å². The molecule has 2 aliphatic rings. The van der Waals surface area contributed by atoms with E-state index in [0.717, 1.165) is 33.4 Å². The molecule has 0 saturated carbocycles. The molecule has 5 amide bonds. The average molecular weight is 814 g/mol. The molecule has 0 bridgehead atoms. The van der Waals surface area contributed by atoms with Crippen molar-refractivity contribution in [1.82, 2.24) is 30.2 Å². The fourth-order valence-electron chi connectivity index (χ4n) is 8.37. The van der Waals surface area contributed by atoms with Crippen LogP contribution in [0.15, 0.2) is 109 Å². The Bertz CT molecular complexity index is 2110. The molecule has 0 radical (unpaired) electrons. The quantitative estimate of drug-likeness (QED) is 0.138. The summed E-state index contributed by atoms with van der Waals surface area (Å²) in [7, 11) is 7.50. The van der Waals surface area contributed by atoms with Gasteiger partial charge >= 0.3 is 0 Å². The molecule has 60 heavy (non-hydrogen) atoms. The minimum absolute atomic E-state index is 0.103. The largest absolute Gasteiger partial charge is 0.368 e. The van der Waals surface area contributed by atoms with E-state index in [1.54, 1.807) is 9.80 Å². The second-order valence-electron chi connectivity index (χ2n) is 16.5. The molecule has 316 valence electrons. The summed E-state index contributed by atoms with van der Waals surface area (Å²) in [5, 5.41) is 5.93. The van der Waals surface area contributed by atoms with Gasteiger partial charge in [0.15, 0.2) is 0 Å². The van der Waals surface area contributed by atoms with Crippen LogP contribution in [0, 0.1) is 0 Å². The molecule has 0 aromatic heterocycles. The third kappa shape index (κ3) is 10.8. The normalized spacial score (nSPS) is 17.6. The fourth-order valence-corrected chi connectivity index (χ4v) is 8.37. The molecule has 0 fully saturated rings. The molecular formula is C48H59N7O5. The smallest absolute Gasteiger partial charge is 0.243 e. The summed E-state index contributed by atoms with van der Waals surface area (Å²) in [6.07, 6.45) is 2.97. The Balaban J connectivity index is 1.08. The molecule has 6 rings (SSSR count). The molecule has 0 saturated heterocycles. The second kappa shape index (κ2) is 20.4. The van der Waals surface area contributed by atoms with Crippen molar-refractivity contribution in [2.24, 2.45) is 5.73 Å². The SMILES string of the molecule is CN(C)[C@@H](Cc1ccccc1)C(=O)N1Cc2ccccc2C[C@H]1C(=O)NCCCC[C@H](NC(=O)[C@@H]1Cc2ccccc2CN1C(=O)[C@H](Cc1ccccc1)N(C)C)C(N)=O. The Kier molecular flexibility index (Phi) is 14.9. The summed E-state index contributed by atoms with van der Waals surface area (Å²) in [4.78, 5) is 76.4. The van der Waals surface area contributed by atoms with Crippen LogP contribution >= 0.6 is 0 Å². The third-order valence-corrected chi connectivity index (χ3v) is 11.9. The van der Waals surface area contributed by atoms with Crippen molar-refractivity contribution in [3.63, 3.8) is 0 Å². The molecular weight excluding hydrogens is 755 g/mol. The number of nitrogens with one attached hydrogen (secondary N) is 2. The minimum atomic E-state index is -0.966. The first-order valence-corrected chi connectivity index (χ1v) is 20.9. The van der Waals surface area contributed by atoms with Crippen LogP contribution < -0.4 is 16.4 Å². The van der Waals surface area contributed by atoms with Crippen LogP contribution in [0.1, 0.15) is 52.6 Å². The van der Waals surface area contributed by atoms with Crippen LogP contribution in [0.3, 0.4) is 0 Å². The molecule has 0 unspecified atom stereocenters. The van der Waals surface area contributed by atoms with Crippen LogP contribution in [0.2, 0.25) is 0 Å². The van der Waals surface area contributed by atoms with E-state index in [2.05, 4.69) is 10.6 Å². The lowest BCUT2D eigenvalue weighted by atomic mass is 9.91. The van der Waals surface area contributed by atoms with Crippen molar-refractivity contribution in [1.29, 1.82) is 0 Å². The number of hydrogen-bond donors (Lipinski definition) is 3. The van der Waals surface area contributed by atoms with Crippen molar-refractivity contribution in [2.45, 2.75) is 88.2 Å². The Morgan fingerprint density at radius 3 is 1.45 bits per heavy atom. The first kappa shape index (κ1) is 43.7. The highest BCUT2D eigenvalue weighted by Crippen LogP contribution is 2.27. The maximum Gasteiger partial charge on any atom is 0.243 e. The number of likely N-dealkylation sites (N-methyl/N-ethyl adjacent to an activating group) is 2. The van der Waals surface area contributed by atoms with Gasteiger partial charge in [-0.2, -0.15) is 0 Å². The van der Waals surface area contributed by atoms with E-state index in [0.29, 0.717) is 51.6 Å². The number of unbranched alkanes of at least 4 members (excludes halogenated alkanes) is 1. The van der Waals surface area contributed by atoms with Crippen LogP contribution in [0.25, 0.3) is 0 Å². The summed E-state index contributed by atoms with van der Waals surface area (Å²) < 4.78 is 0. The maximum absolute atomic E-state index is 14.3. The first-order valence-electron chi connectivity index (χ1n) is 20.9. The molecule has 5 atom stereocenters. The van der Waals surface area contributed by atoms with Crippen LogP contribution in [0.4, 0.5) is 0 Å². The molecule has 2 aliphatic heterocycles. The zero-order valence-electron chi connectivity index (χ0n) is 35.3. The lowest BCUT2D eigenvalue weighted by Gasteiger charge is -2.39. The number of fused-ring (bicyclic) bond motifs is 2. The number of rotatable bonds is 17. The minimum Gasteiger partial charge on any atom is -0.368 e. The number of carbonyl (C=O) groups excluding carboxylic acids is 5. The molecule has 4 aromatic rings. The van der Waals surface area contributed by atoms with E-state index >= 15 is 0 Å². The van der Waals surface area contributed by atoms with Gasteiger partial charge in [0.25, 0.3) is 0 Å². The van der Waals surface area contributed by atoms with Gasteiger partial charge in [-0.3, -0.25) is 33.8 Å². The van der Waals surface area contributed by atoms with Gasteiger partial charge in [-0.1, -0.05) is 109 Å². The maximum atomic E-state index is 14.3. The predicted molar refractivity (Wildman–Crippen MR) is 232 cm³/mol. The summed E-state index contributed by atoms with van der Waals surface area (Å²) in [6.45, 7) is 0.921. The molecule has 2 heterocycles. The van der Waals surface area contributed by atoms with Crippen LogP contribution in [0.5, 0.6) is 0 Å². The zero-order valence-corrected chi connectivity index (χ0v) is 35.3.